The SMILES string of the molecule is C[C@H]1C[C@@H](C(=O)N(C)Cc2csc(Br)c2)CCN1.Cl. The van der Waals surface area contributed by atoms with Crippen LogP contribution in [0.15, 0.2) is 15.2 Å². The Labute approximate surface area is 133 Å². The number of piperidine rings is 1. The van der Waals surface area contributed by atoms with Gasteiger partial charge in [0.2, 0.25) is 5.91 Å². The number of rotatable bonds is 3. The smallest absolute Gasteiger partial charge is 0.225 e. The second-order valence-electron chi connectivity index (χ2n) is 5.03. The van der Waals surface area contributed by atoms with E-state index < -0.39 is 0 Å². The molecular formula is C13H20BrClN2OS. The van der Waals surface area contributed by atoms with Crippen LogP contribution in [0.5, 0.6) is 0 Å². The quantitative estimate of drug-likeness (QED) is 0.889. The number of nitrogens with zero attached hydrogens (tertiary/aromatic N) is 1. The number of carbonyl (C=O) groups excluding carboxylic acids is 1. The maximum atomic E-state index is 12.3. The lowest BCUT2D eigenvalue weighted by Crippen LogP contribution is -2.42. The summed E-state index contributed by atoms with van der Waals surface area (Å²) in [6.45, 7) is 3.81. The van der Waals surface area contributed by atoms with E-state index in [1.54, 1.807) is 11.3 Å². The summed E-state index contributed by atoms with van der Waals surface area (Å²) in [6.07, 6.45) is 1.91. The monoisotopic (exact) mass is 366 g/mol. The van der Waals surface area contributed by atoms with Crippen molar-refractivity contribution < 1.29 is 4.79 Å². The van der Waals surface area contributed by atoms with E-state index in [4.69, 9.17) is 0 Å². The van der Waals surface area contributed by atoms with Crippen LogP contribution >= 0.6 is 39.7 Å². The van der Waals surface area contributed by atoms with E-state index in [0.717, 1.165) is 23.2 Å². The van der Waals surface area contributed by atoms with Gasteiger partial charge >= 0.3 is 0 Å². The lowest BCUT2D eigenvalue weighted by atomic mass is 9.92. The van der Waals surface area contributed by atoms with Gasteiger partial charge in [-0.05, 0) is 59.2 Å². The van der Waals surface area contributed by atoms with Gasteiger partial charge in [-0.3, -0.25) is 4.79 Å². The van der Waals surface area contributed by atoms with Crippen molar-refractivity contribution in [1.82, 2.24) is 10.2 Å². The van der Waals surface area contributed by atoms with Crippen molar-refractivity contribution in [3.63, 3.8) is 0 Å². The summed E-state index contributed by atoms with van der Waals surface area (Å²) < 4.78 is 1.12. The highest BCUT2D eigenvalue weighted by molar-refractivity contribution is 9.11. The Hall–Kier alpha value is -0.100. The van der Waals surface area contributed by atoms with Crippen LogP contribution in [-0.4, -0.2) is 30.4 Å². The average Bonchev–Trinajstić information content (AvgIpc) is 2.73. The van der Waals surface area contributed by atoms with E-state index in [1.807, 2.05) is 11.9 Å². The molecule has 19 heavy (non-hydrogen) atoms. The zero-order valence-corrected chi connectivity index (χ0v) is 14.4. The van der Waals surface area contributed by atoms with E-state index in [0.29, 0.717) is 12.6 Å². The zero-order valence-electron chi connectivity index (χ0n) is 11.2. The largest absolute Gasteiger partial charge is 0.341 e. The van der Waals surface area contributed by atoms with E-state index in [9.17, 15) is 4.79 Å². The Kier molecular flexibility index (Phi) is 6.80. The minimum atomic E-state index is 0. The average molecular weight is 368 g/mol. The number of hydrogen-bond donors (Lipinski definition) is 1. The van der Waals surface area contributed by atoms with Crippen molar-refractivity contribution in [3.05, 3.63) is 20.8 Å². The second kappa shape index (κ2) is 7.62. The Morgan fingerprint density at radius 1 is 1.63 bits per heavy atom. The maximum absolute atomic E-state index is 12.3. The summed E-state index contributed by atoms with van der Waals surface area (Å²) in [4.78, 5) is 14.2. The molecule has 2 rings (SSSR count). The fourth-order valence-electron chi connectivity index (χ4n) is 2.45. The Balaban J connectivity index is 0.00000180. The molecule has 0 spiro atoms. The fourth-order valence-corrected chi connectivity index (χ4v) is 3.65. The van der Waals surface area contributed by atoms with Crippen molar-refractivity contribution in [2.75, 3.05) is 13.6 Å². The predicted molar refractivity (Wildman–Crippen MR) is 85.9 cm³/mol. The molecule has 1 fully saturated rings. The molecule has 0 aliphatic carbocycles. The van der Waals surface area contributed by atoms with Crippen LogP contribution in [0.1, 0.15) is 25.3 Å². The molecule has 1 saturated heterocycles. The van der Waals surface area contributed by atoms with Crippen LogP contribution in [0.3, 0.4) is 0 Å². The molecule has 0 saturated carbocycles. The molecule has 0 unspecified atom stereocenters. The third kappa shape index (κ3) is 4.74. The Morgan fingerprint density at radius 2 is 2.37 bits per heavy atom. The fraction of sp³-hybridized carbons (Fsp3) is 0.615. The first kappa shape index (κ1) is 17.0. The lowest BCUT2D eigenvalue weighted by molar-refractivity contribution is -0.135. The van der Waals surface area contributed by atoms with Crippen LogP contribution in [-0.2, 0) is 11.3 Å². The molecule has 1 aromatic heterocycles. The number of carbonyl (C=O) groups is 1. The maximum Gasteiger partial charge on any atom is 0.225 e. The summed E-state index contributed by atoms with van der Waals surface area (Å²) in [5.41, 5.74) is 1.20. The molecule has 0 bridgehead atoms. The van der Waals surface area contributed by atoms with Gasteiger partial charge in [-0.25, -0.2) is 0 Å². The van der Waals surface area contributed by atoms with Crippen LogP contribution in [0, 0.1) is 5.92 Å². The van der Waals surface area contributed by atoms with Gasteiger partial charge in [0.05, 0.1) is 3.79 Å². The molecular weight excluding hydrogens is 348 g/mol. The highest BCUT2D eigenvalue weighted by atomic mass is 79.9. The molecule has 3 nitrogen and oxygen atoms in total. The summed E-state index contributed by atoms with van der Waals surface area (Å²) in [6, 6.07) is 2.54. The first-order valence-corrected chi connectivity index (χ1v) is 7.95. The Bertz CT molecular complexity index is 427. The van der Waals surface area contributed by atoms with Gasteiger partial charge in [0.15, 0.2) is 0 Å². The standard InChI is InChI=1S/C13H19BrN2OS.ClH/c1-9-5-11(3-4-15-9)13(17)16(2)7-10-6-12(14)18-8-10;/h6,8-9,11,15H,3-5,7H2,1-2H3;1H/t9-,11-;/m0./s1. The van der Waals surface area contributed by atoms with E-state index in [-0.39, 0.29) is 24.2 Å². The van der Waals surface area contributed by atoms with Gasteiger partial charge in [-0.2, -0.15) is 0 Å². The first-order valence-electron chi connectivity index (χ1n) is 6.27. The van der Waals surface area contributed by atoms with Crippen LogP contribution in [0.2, 0.25) is 0 Å². The van der Waals surface area contributed by atoms with Gasteiger partial charge in [-0.1, -0.05) is 0 Å². The van der Waals surface area contributed by atoms with Crippen molar-refractivity contribution in [2.45, 2.75) is 32.4 Å². The second-order valence-corrected chi connectivity index (χ2v) is 7.32. The molecule has 1 amide bonds. The number of nitrogens with one attached hydrogen (secondary N) is 1. The lowest BCUT2D eigenvalue weighted by Gasteiger charge is -2.30. The predicted octanol–water partition coefficient (Wildman–Crippen LogP) is 3.28. The molecule has 6 heteroatoms. The van der Waals surface area contributed by atoms with E-state index >= 15 is 0 Å². The molecule has 1 aliphatic rings. The van der Waals surface area contributed by atoms with Gasteiger partial charge in [0.1, 0.15) is 0 Å². The number of amides is 1. The third-order valence-corrected chi connectivity index (χ3v) is 4.94. The molecule has 2 heterocycles. The highest BCUT2D eigenvalue weighted by Crippen LogP contribution is 2.23. The number of thiophene rings is 1. The van der Waals surface area contributed by atoms with Crippen LogP contribution < -0.4 is 5.32 Å². The molecule has 0 aromatic carbocycles. The summed E-state index contributed by atoms with van der Waals surface area (Å²) in [5, 5.41) is 5.48. The van der Waals surface area contributed by atoms with Crippen molar-refractivity contribution in [1.29, 1.82) is 0 Å². The van der Waals surface area contributed by atoms with Crippen molar-refractivity contribution in [3.8, 4) is 0 Å². The van der Waals surface area contributed by atoms with Gasteiger partial charge < -0.3 is 10.2 Å². The van der Waals surface area contributed by atoms with Crippen molar-refractivity contribution in [2.24, 2.45) is 5.92 Å². The molecule has 1 aliphatic heterocycles. The molecule has 1 N–H and O–H groups in total. The molecule has 108 valence electrons. The zero-order chi connectivity index (χ0) is 13.1. The topological polar surface area (TPSA) is 32.3 Å². The minimum absolute atomic E-state index is 0. The molecule has 1 aromatic rings. The number of hydrogen-bond acceptors (Lipinski definition) is 3. The first-order chi connectivity index (χ1) is 8.56. The van der Waals surface area contributed by atoms with Gasteiger partial charge in [-0.15, -0.1) is 23.7 Å². The summed E-state index contributed by atoms with van der Waals surface area (Å²) >= 11 is 5.11. The van der Waals surface area contributed by atoms with Crippen LogP contribution in [0.25, 0.3) is 0 Å². The summed E-state index contributed by atoms with van der Waals surface area (Å²) in [5.74, 6) is 0.471. The summed E-state index contributed by atoms with van der Waals surface area (Å²) in [7, 11) is 1.90. The van der Waals surface area contributed by atoms with Crippen molar-refractivity contribution >= 4 is 45.6 Å². The van der Waals surface area contributed by atoms with E-state index in [1.165, 1.54) is 5.56 Å². The Morgan fingerprint density at radius 3 is 2.95 bits per heavy atom. The van der Waals surface area contributed by atoms with Crippen LogP contribution in [0.4, 0.5) is 0 Å². The van der Waals surface area contributed by atoms with Gasteiger partial charge in [0, 0.05) is 25.6 Å². The number of halogens is 2. The third-order valence-electron chi connectivity index (χ3n) is 3.39. The highest BCUT2D eigenvalue weighted by Gasteiger charge is 2.27. The van der Waals surface area contributed by atoms with Gasteiger partial charge in [0.25, 0.3) is 0 Å². The normalized spacial score (nSPS) is 22.7. The molecule has 0 radical (unpaired) electrons. The molecule has 2 atom stereocenters. The van der Waals surface area contributed by atoms with E-state index in [2.05, 4.69) is 39.6 Å². The minimum Gasteiger partial charge on any atom is -0.341 e.